The Morgan fingerprint density at radius 3 is 0.914 bits per heavy atom. The monoisotopic (exact) mass is 1380 g/mol. The van der Waals surface area contributed by atoms with Crippen LogP contribution in [0.5, 0.6) is 0 Å². The van der Waals surface area contributed by atoms with Crippen LogP contribution in [0.25, 0.3) is 112 Å². The van der Waals surface area contributed by atoms with Crippen molar-refractivity contribution >= 4 is 0 Å². The molecule has 0 unspecified atom stereocenters. The maximum atomic E-state index is 7.57. The molecule has 15 aromatic rings. The number of aromatic nitrogens is 5. The molecule has 0 aliphatic carbocycles. The zero-order valence-electron chi connectivity index (χ0n) is 69.0. The van der Waals surface area contributed by atoms with Gasteiger partial charge >= 0.3 is 0 Å². The number of rotatable bonds is 10. The van der Waals surface area contributed by atoms with E-state index >= 15 is 0 Å². The van der Waals surface area contributed by atoms with Crippen LogP contribution in [-0.2, 0) is 35.2 Å². The molecule has 0 amide bonds. The summed E-state index contributed by atoms with van der Waals surface area (Å²) in [6, 6.07) is 104. The first kappa shape index (κ1) is 66.2. The van der Waals surface area contributed by atoms with Gasteiger partial charge < -0.3 is 0 Å². The molecule has 5 nitrogen and oxygen atoms in total. The number of hydrogen-bond acceptors (Lipinski definition) is 0. The molecule has 0 atom stereocenters. The Labute approximate surface area is 633 Å². The van der Waals surface area contributed by atoms with Crippen molar-refractivity contribution in [1.29, 1.82) is 0 Å². The largest absolute Gasteiger partial charge is 0.213 e. The summed E-state index contributed by atoms with van der Waals surface area (Å²) in [6.07, 6.45) is 10.8. The molecule has 520 valence electrons. The van der Waals surface area contributed by atoms with Gasteiger partial charge in [0, 0.05) is 94.7 Å². The standard InChI is InChI=1S/C21H22N.3C20H20N.C19H18N/c1-15-10-11-19(16(2)12-15)21-13-17(3)20(14-22(21)4)18-8-6-5-7-9-18;1-15-9-7-8-12-18(15)20-13-19(16(2)14-21(20)3)17-10-5-4-6-11-17;1-15-9-7-8-12-18(15)20-13-16(2)19(14-21(20)3)17-10-5-4-6-11-17;1-15-9-11-19(16(2)13-15)20-12-10-18(14-21(20)3)17-7-5-4-6-8-17;1-15-8-6-7-11-18(15)19-14-17(12-13-20(19)2)16-9-4-3-5-10-16/h5-14H,1-4H3;3*4-14H,1-3H3;3-14H,1-2H3/q5*+1/i1D3;;;1D3;. The first-order chi connectivity index (χ1) is 53.2. The van der Waals surface area contributed by atoms with Gasteiger partial charge in [-0.25, -0.2) is 22.8 Å². The Bertz CT molecular complexity index is 5700. The molecule has 0 saturated carbocycles. The summed E-state index contributed by atoms with van der Waals surface area (Å²) in [7, 11) is 10.4. The highest BCUT2D eigenvalue weighted by atomic mass is 14.9. The summed E-state index contributed by atoms with van der Waals surface area (Å²) in [4.78, 5) is 0. The van der Waals surface area contributed by atoms with E-state index in [1.165, 1.54) is 117 Å². The molecule has 5 heterocycles. The molecule has 0 aliphatic heterocycles. The van der Waals surface area contributed by atoms with Crippen molar-refractivity contribution in [2.75, 3.05) is 0 Å². The van der Waals surface area contributed by atoms with Gasteiger partial charge in [0.25, 0.3) is 0 Å². The maximum absolute atomic E-state index is 7.57. The van der Waals surface area contributed by atoms with Crippen LogP contribution >= 0.6 is 0 Å². The van der Waals surface area contributed by atoms with Gasteiger partial charge in [-0.2, -0.15) is 0 Å². The third-order valence-corrected chi connectivity index (χ3v) is 19.5. The zero-order chi connectivity index (χ0) is 79.1. The molecule has 0 N–H and O–H groups in total. The highest BCUT2D eigenvalue weighted by Crippen LogP contribution is 2.33. The van der Waals surface area contributed by atoms with Crippen LogP contribution in [0.4, 0.5) is 0 Å². The van der Waals surface area contributed by atoms with Crippen molar-refractivity contribution in [2.45, 2.75) is 69.1 Å². The minimum Gasteiger partial charge on any atom is -0.201 e. The minimum atomic E-state index is -2.07. The van der Waals surface area contributed by atoms with Crippen LogP contribution < -0.4 is 22.8 Å². The van der Waals surface area contributed by atoms with E-state index in [2.05, 4.69) is 347 Å². The third-order valence-electron chi connectivity index (χ3n) is 19.5. The molecule has 5 aromatic heterocycles. The lowest BCUT2D eigenvalue weighted by Crippen LogP contribution is -2.31. The van der Waals surface area contributed by atoms with Crippen LogP contribution in [0, 0.1) is 69.1 Å². The van der Waals surface area contributed by atoms with Crippen LogP contribution in [0.1, 0.15) is 63.9 Å². The first-order valence-corrected chi connectivity index (χ1v) is 35.9. The van der Waals surface area contributed by atoms with Gasteiger partial charge in [0.1, 0.15) is 35.2 Å². The van der Waals surface area contributed by atoms with Crippen LogP contribution in [-0.4, -0.2) is 0 Å². The predicted molar refractivity (Wildman–Crippen MR) is 440 cm³/mol. The second kappa shape index (κ2) is 34.7. The van der Waals surface area contributed by atoms with Crippen LogP contribution in [0.3, 0.4) is 0 Å². The molecule has 105 heavy (non-hydrogen) atoms. The second-order valence-electron chi connectivity index (χ2n) is 27.3. The number of nitrogens with zero attached hydrogens (tertiary/aromatic N) is 5. The van der Waals surface area contributed by atoms with E-state index in [-0.39, 0.29) is 0 Å². The molecule has 0 saturated heterocycles. The van der Waals surface area contributed by atoms with Gasteiger partial charge in [0.15, 0.2) is 31.0 Å². The summed E-state index contributed by atoms with van der Waals surface area (Å²) < 4.78 is 56.1. The SMILES string of the molecule is Cc1c[n+](C)c(-c2ccccc2C)cc1-c1ccccc1.Cc1cc(-c2ccccc2C)[n+](C)cc1-c1ccccc1.Cc1ccccc1-c1cc(-c2ccccc2)cc[n+]1C.[2H]C([2H])([2H])c1ccc(-c2cc(C)c(-c3ccccc3)c[n+]2C)c(C)c1.[2H]C([2H])([2H])c1ccc(-c2ccc(-c3ccccc3)c[n+]2C)c(C)c1. The highest BCUT2D eigenvalue weighted by Gasteiger charge is 2.21. The van der Waals surface area contributed by atoms with Crippen molar-refractivity contribution in [1.82, 2.24) is 0 Å². The van der Waals surface area contributed by atoms with Gasteiger partial charge in [0.2, 0.25) is 28.5 Å². The van der Waals surface area contributed by atoms with Crippen molar-refractivity contribution in [3.8, 4) is 112 Å². The Hall–Kier alpha value is -12.1. The lowest BCUT2D eigenvalue weighted by atomic mass is 9.97. The van der Waals surface area contributed by atoms with E-state index in [1.54, 1.807) is 24.3 Å². The molecule has 0 spiro atoms. The van der Waals surface area contributed by atoms with Gasteiger partial charge in [-0.1, -0.05) is 242 Å². The third kappa shape index (κ3) is 18.4. The first-order valence-electron chi connectivity index (χ1n) is 38.9. The lowest BCUT2D eigenvalue weighted by Gasteiger charge is -2.10. The molecule has 10 aromatic carbocycles. The van der Waals surface area contributed by atoms with Gasteiger partial charge in [0.05, 0.1) is 0 Å². The predicted octanol–water partition coefficient (Wildman–Crippen LogP) is 22.3. The van der Waals surface area contributed by atoms with E-state index in [9.17, 15) is 0 Å². The smallest absolute Gasteiger partial charge is 0.201 e. The fourth-order valence-corrected chi connectivity index (χ4v) is 13.7. The average Bonchev–Trinajstić information content (AvgIpc) is 0.803. The summed E-state index contributed by atoms with van der Waals surface area (Å²) in [6.45, 7) is 12.7. The van der Waals surface area contributed by atoms with Crippen molar-refractivity contribution in [2.24, 2.45) is 35.2 Å². The van der Waals surface area contributed by atoms with E-state index in [4.69, 9.17) is 8.22 Å². The van der Waals surface area contributed by atoms with Gasteiger partial charge in [-0.3, -0.25) is 0 Å². The van der Waals surface area contributed by atoms with Crippen molar-refractivity contribution in [3.63, 3.8) is 0 Å². The molecule has 15 rings (SSSR count). The molecular weight excluding hydrogens is 1270 g/mol. The number of hydrogen-bond donors (Lipinski definition) is 0. The summed E-state index contributed by atoms with van der Waals surface area (Å²) in [5.41, 5.74) is 34.6. The van der Waals surface area contributed by atoms with Crippen molar-refractivity contribution in [3.05, 3.63) is 390 Å². The second-order valence-corrected chi connectivity index (χ2v) is 27.3. The van der Waals surface area contributed by atoms with Gasteiger partial charge in [-0.15, -0.1) is 0 Å². The van der Waals surface area contributed by atoms with E-state index in [1.807, 2.05) is 76.5 Å². The normalized spacial score (nSPS) is 11.7. The molecule has 0 bridgehead atoms. The average molecular weight is 1380 g/mol. The van der Waals surface area contributed by atoms with Crippen LogP contribution in [0.15, 0.2) is 334 Å². The maximum Gasteiger partial charge on any atom is 0.213 e. The number of benzene rings is 10. The molecule has 0 fully saturated rings. The zero-order valence-corrected chi connectivity index (χ0v) is 63.0. The molecule has 0 radical (unpaired) electrons. The fourth-order valence-electron chi connectivity index (χ4n) is 13.7. The molecule has 5 heteroatoms. The molecular formula is C100H100N5+5. The number of aryl methyl sites for hydroxylation is 15. The lowest BCUT2D eigenvalue weighted by molar-refractivity contribution is -0.660. The number of pyridine rings is 5. The van der Waals surface area contributed by atoms with E-state index in [0.29, 0.717) is 11.1 Å². The van der Waals surface area contributed by atoms with Gasteiger partial charge in [-0.05, 0) is 183 Å². The Kier molecular flexibility index (Phi) is 21.9. The Morgan fingerprint density at radius 1 is 0.190 bits per heavy atom. The van der Waals surface area contributed by atoms with E-state index < -0.39 is 13.7 Å². The Balaban J connectivity index is 0.000000138. The summed E-state index contributed by atoms with van der Waals surface area (Å²) in [5, 5.41) is 0. The highest BCUT2D eigenvalue weighted by molar-refractivity contribution is 5.75. The molecule has 0 aliphatic rings. The van der Waals surface area contributed by atoms with Crippen LogP contribution in [0.2, 0.25) is 0 Å². The topological polar surface area (TPSA) is 19.4 Å². The summed E-state index contributed by atoms with van der Waals surface area (Å²) in [5.74, 6) is 0. The quantitative estimate of drug-likeness (QED) is 0.122. The van der Waals surface area contributed by atoms with E-state index in [0.717, 1.165) is 39.2 Å². The Morgan fingerprint density at radius 2 is 0.514 bits per heavy atom. The summed E-state index contributed by atoms with van der Waals surface area (Å²) >= 11 is 0. The van der Waals surface area contributed by atoms with Crippen molar-refractivity contribution < 1.29 is 31.1 Å². The minimum absolute atomic E-state index is 0.382. The fraction of sp³-hybridized carbons (Fsp3) is 0.150.